The topological polar surface area (TPSA) is 4.93 Å². The van der Waals surface area contributed by atoms with Crippen LogP contribution in [0, 0.1) is 6.92 Å². The molecular weight excluding hydrogens is 519 g/mol. The Labute approximate surface area is 240 Å². The van der Waals surface area contributed by atoms with Crippen LogP contribution < -0.4 is 5.19 Å². The first-order chi connectivity index (χ1) is 19.1. The van der Waals surface area contributed by atoms with Gasteiger partial charge in [0.15, 0.2) is 0 Å². The van der Waals surface area contributed by atoms with Gasteiger partial charge in [0.1, 0.15) is 0 Å². The van der Waals surface area contributed by atoms with E-state index in [-0.39, 0.29) is 5.41 Å². The van der Waals surface area contributed by atoms with Gasteiger partial charge in [0, 0.05) is 31.7 Å². The van der Waals surface area contributed by atoms with Gasteiger partial charge >= 0.3 is 0 Å². The number of aryl methyl sites for hydroxylation is 1. The molecule has 40 heavy (non-hydrogen) atoms. The minimum absolute atomic E-state index is 0.0397. The predicted octanol–water partition coefficient (Wildman–Crippen LogP) is 10.3. The van der Waals surface area contributed by atoms with Crippen LogP contribution in [0.3, 0.4) is 0 Å². The monoisotopic (exact) mass is 551 g/mol. The normalized spacial score (nSPS) is 14.4. The van der Waals surface area contributed by atoms with Gasteiger partial charge in [0.05, 0.1) is 29.5 Å². The van der Waals surface area contributed by atoms with Crippen molar-refractivity contribution in [1.82, 2.24) is 4.57 Å². The van der Waals surface area contributed by atoms with Crippen LogP contribution in [0.25, 0.3) is 58.8 Å². The van der Waals surface area contributed by atoms with Crippen LogP contribution in [0.4, 0.5) is 0 Å². The molecule has 0 saturated carbocycles. The van der Waals surface area contributed by atoms with Gasteiger partial charge in [-0.1, -0.05) is 106 Å². The lowest BCUT2D eigenvalue weighted by Crippen LogP contribution is -2.37. The highest BCUT2D eigenvalue weighted by atomic mass is 32.1. The molecule has 8 rings (SSSR count). The molecule has 1 aliphatic rings. The number of aromatic nitrogens is 1. The first-order valence-corrected chi connectivity index (χ1v) is 18.6. The molecule has 1 aliphatic carbocycles. The molecule has 2 aromatic heterocycles. The number of hydrogen-bond acceptors (Lipinski definition) is 1. The van der Waals surface area contributed by atoms with Gasteiger partial charge in [-0.15, -0.1) is 11.3 Å². The highest BCUT2D eigenvalue weighted by molar-refractivity contribution is 7.28. The van der Waals surface area contributed by atoms with Gasteiger partial charge in [-0.05, 0) is 58.6 Å². The molecule has 1 nitrogen and oxygen atoms in total. The maximum Gasteiger partial charge on any atom is 0.0794 e. The summed E-state index contributed by atoms with van der Waals surface area (Å²) in [4.78, 5) is 0. The summed E-state index contributed by atoms with van der Waals surface area (Å²) in [5.74, 6) is 0. The smallest absolute Gasteiger partial charge is 0.0794 e. The number of hydrogen-bond donors (Lipinski definition) is 0. The summed E-state index contributed by atoms with van der Waals surface area (Å²) in [5.41, 5.74) is 10.8. The quantitative estimate of drug-likeness (QED) is 0.188. The van der Waals surface area contributed by atoms with Crippen molar-refractivity contribution in [2.75, 3.05) is 0 Å². The summed E-state index contributed by atoms with van der Waals surface area (Å²) in [6.07, 6.45) is 0. The highest BCUT2D eigenvalue weighted by Gasteiger charge is 2.36. The molecule has 7 aromatic rings. The van der Waals surface area contributed by atoms with Gasteiger partial charge in [0.25, 0.3) is 0 Å². The molecule has 3 heteroatoms. The summed E-state index contributed by atoms with van der Waals surface area (Å²) in [7, 11) is -1.49. The minimum atomic E-state index is -1.49. The van der Waals surface area contributed by atoms with E-state index in [1.54, 1.807) is 5.19 Å². The number of nitrogens with zero attached hydrogens (tertiary/aromatic N) is 1. The zero-order valence-electron chi connectivity index (χ0n) is 24.0. The molecule has 0 bridgehead atoms. The molecule has 0 fully saturated rings. The van der Waals surface area contributed by atoms with Gasteiger partial charge < -0.3 is 4.57 Å². The molecule has 0 unspecified atom stereocenters. The number of rotatable bonds is 2. The molecule has 0 spiro atoms. The van der Waals surface area contributed by atoms with Gasteiger partial charge in [-0.2, -0.15) is 0 Å². The second-order valence-electron chi connectivity index (χ2n) is 13.1. The van der Waals surface area contributed by atoms with E-state index in [2.05, 4.69) is 136 Å². The third kappa shape index (κ3) is 3.13. The molecule has 0 atom stereocenters. The first-order valence-electron chi connectivity index (χ1n) is 14.3. The highest BCUT2D eigenvalue weighted by Crippen LogP contribution is 2.51. The van der Waals surface area contributed by atoms with Crippen molar-refractivity contribution in [3.8, 4) is 16.8 Å². The molecule has 0 N–H and O–H groups in total. The Bertz CT molecular complexity index is 2180. The van der Waals surface area contributed by atoms with E-state index in [4.69, 9.17) is 0 Å². The first kappa shape index (κ1) is 24.2. The Hall–Kier alpha value is -3.66. The van der Waals surface area contributed by atoms with E-state index >= 15 is 0 Å². The summed E-state index contributed by atoms with van der Waals surface area (Å²) >= 11 is 1.99. The molecule has 2 heterocycles. The molecule has 0 aliphatic heterocycles. The third-order valence-corrected chi connectivity index (χ3v) is 12.7. The summed E-state index contributed by atoms with van der Waals surface area (Å²) in [6.45, 7) is 14.4. The molecule has 5 aromatic carbocycles. The van der Waals surface area contributed by atoms with Crippen LogP contribution in [0.15, 0.2) is 91.0 Å². The van der Waals surface area contributed by atoms with Crippen LogP contribution in [0.1, 0.15) is 30.5 Å². The average Bonchev–Trinajstić information content (AvgIpc) is 3.53. The van der Waals surface area contributed by atoms with E-state index in [0.717, 1.165) is 0 Å². The van der Waals surface area contributed by atoms with Crippen molar-refractivity contribution < 1.29 is 0 Å². The van der Waals surface area contributed by atoms with E-state index in [0.29, 0.717) is 0 Å². The van der Waals surface area contributed by atoms with Crippen molar-refractivity contribution in [2.24, 2.45) is 0 Å². The van der Waals surface area contributed by atoms with Crippen LogP contribution in [0.5, 0.6) is 0 Å². The van der Waals surface area contributed by atoms with E-state index < -0.39 is 8.07 Å². The number of fused-ring (bicyclic) bond motifs is 9. The number of thiophene rings is 1. The second-order valence-corrected chi connectivity index (χ2v) is 19.2. The Balaban J connectivity index is 1.49. The summed E-state index contributed by atoms with van der Waals surface area (Å²) in [6, 6.07) is 34.8. The van der Waals surface area contributed by atoms with E-state index in [1.807, 2.05) is 11.3 Å². The van der Waals surface area contributed by atoms with E-state index in [9.17, 15) is 0 Å². The zero-order chi connectivity index (χ0) is 27.6. The lowest BCUT2D eigenvalue weighted by Gasteiger charge is -2.22. The van der Waals surface area contributed by atoms with Crippen molar-refractivity contribution in [3.63, 3.8) is 0 Å². The van der Waals surface area contributed by atoms with E-state index in [1.165, 1.54) is 75.5 Å². The second kappa shape index (κ2) is 7.96. The van der Waals surface area contributed by atoms with Crippen LogP contribution in [0.2, 0.25) is 19.6 Å². The Morgan fingerprint density at radius 2 is 1.32 bits per heavy atom. The SMILES string of the molecule is Cc1ccc2c(c1)C(C)(C)c1cc3c(cc1-2)c1ccccc1n3-c1cccc2c1sc1c([Si](C)(C)C)cccc12. The zero-order valence-corrected chi connectivity index (χ0v) is 25.8. The van der Waals surface area contributed by atoms with Crippen molar-refractivity contribution >= 4 is 66.6 Å². The lowest BCUT2D eigenvalue weighted by atomic mass is 9.82. The lowest BCUT2D eigenvalue weighted by molar-refractivity contribution is 0.660. The average molecular weight is 552 g/mol. The Kier molecular flexibility index (Phi) is 4.81. The summed E-state index contributed by atoms with van der Waals surface area (Å²) < 4.78 is 5.39. The maximum atomic E-state index is 2.54. The van der Waals surface area contributed by atoms with Gasteiger partial charge in [-0.25, -0.2) is 0 Å². The maximum absolute atomic E-state index is 2.54. The molecule has 0 amide bonds. The predicted molar refractivity (Wildman–Crippen MR) is 179 cm³/mol. The van der Waals surface area contributed by atoms with Crippen molar-refractivity contribution in [1.29, 1.82) is 0 Å². The molecule has 0 saturated heterocycles. The Morgan fingerprint density at radius 1 is 0.625 bits per heavy atom. The van der Waals surface area contributed by atoms with Crippen molar-refractivity contribution in [3.05, 3.63) is 108 Å². The molecule has 0 radical (unpaired) electrons. The van der Waals surface area contributed by atoms with Gasteiger partial charge in [0.2, 0.25) is 0 Å². The third-order valence-electron chi connectivity index (χ3n) is 9.18. The summed E-state index contributed by atoms with van der Waals surface area (Å²) in [5, 5.41) is 6.98. The molecular formula is C37H33NSSi. The standard InChI is InChI=1S/C37H33NSSi/c1-22-17-18-23-27-20-28-24-11-7-8-14-31(24)38(33(28)21-30(27)37(2,3)29(23)19-22)32-15-9-12-25-26-13-10-16-34(40(4,5)6)36(26)39-35(25)32/h7-21H,1-6H3. The van der Waals surface area contributed by atoms with Crippen LogP contribution >= 0.6 is 11.3 Å². The number of benzene rings is 5. The number of para-hydroxylation sites is 1. The fourth-order valence-corrected chi connectivity index (χ4v) is 10.8. The largest absolute Gasteiger partial charge is 0.308 e. The molecule has 196 valence electrons. The van der Waals surface area contributed by atoms with Gasteiger partial charge in [-0.3, -0.25) is 0 Å². The fourth-order valence-electron chi connectivity index (χ4n) is 7.14. The minimum Gasteiger partial charge on any atom is -0.308 e. The van der Waals surface area contributed by atoms with Crippen LogP contribution in [-0.4, -0.2) is 12.6 Å². The fraction of sp³-hybridized carbons (Fsp3) is 0.189. The van der Waals surface area contributed by atoms with Crippen molar-refractivity contribution in [2.45, 2.75) is 45.8 Å². The Morgan fingerprint density at radius 3 is 2.12 bits per heavy atom. The van der Waals surface area contributed by atoms with Crippen LogP contribution in [-0.2, 0) is 5.41 Å².